The van der Waals surface area contributed by atoms with Gasteiger partial charge in [0.15, 0.2) is 5.13 Å². The molecule has 0 bridgehead atoms. The van der Waals surface area contributed by atoms with Crippen LogP contribution in [0.1, 0.15) is 0 Å². The number of nitrogens with two attached hydrogens (primary N) is 2. The number of carbonyl (C=O) groups is 1. The van der Waals surface area contributed by atoms with Crippen LogP contribution < -0.4 is 16.4 Å². The fourth-order valence-electron chi connectivity index (χ4n) is 1.48. The van der Waals surface area contributed by atoms with Gasteiger partial charge in [-0.3, -0.25) is 4.79 Å². The van der Waals surface area contributed by atoms with Crippen molar-refractivity contribution in [2.75, 3.05) is 30.4 Å². The van der Waals surface area contributed by atoms with E-state index in [0.717, 1.165) is 5.13 Å². The standard InChI is InChI=1S/C8H12N4O2S/c9-6-3-11-8(15-6)12-1-2-14-4-5(12)7(10)13/h3,5H,1-2,4,9H2,(H2,10,13). The highest BCUT2D eigenvalue weighted by Crippen LogP contribution is 2.26. The molecule has 0 aromatic carbocycles. The smallest absolute Gasteiger partial charge is 0.242 e. The number of hydrogen-bond donors (Lipinski definition) is 2. The van der Waals surface area contributed by atoms with Crippen molar-refractivity contribution in [2.24, 2.45) is 5.73 Å². The molecule has 1 unspecified atom stereocenters. The number of rotatable bonds is 2. The molecule has 2 heterocycles. The van der Waals surface area contributed by atoms with E-state index >= 15 is 0 Å². The Morgan fingerprint density at radius 2 is 2.53 bits per heavy atom. The zero-order chi connectivity index (χ0) is 10.8. The summed E-state index contributed by atoms with van der Waals surface area (Å²) in [6.07, 6.45) is 1.58. The molecule has 4 N–H and O–H groups in total. The van der Waals surface area contributed by atoms with Crippen LogP contribution in [0.5, 0.6) is 0 Å². The Kier molecular flexibility index (Phi) is 2.74. The zero-order valence-corrected chi connectivity index (χ0v) is 8.87. The second-order valence-electron chi connectivity index (χ2n) is 3.23. The van der Waals surface area contributed by atoms with Crippen molar-refractivity contribution in [2.45, 2.75) is 6.04 Å². The molecule has 0 radical (unpaired) electrons. The third-order valence-corrected chi connectivity index (χ3v) is 3.08. The van der Waals surface area contributed by atoms with Gasteiger partial charge in [0.1, 0.15) is 11.0 Å². The molecule has 0 spiro atoms. The maximum atomic E-state index is 11.2. The SMILES string of the molecule is NC(=O)C1COCCN1c1ncc(N)s1. The van der Waals surface area contributed by atoms with E-state index in [4.69, 9.17) is 16.2 Å². The average molecular weight is 228 g/mol. The summed E-state index contributed by atoms with van der Waals surface area (Å²) >= 11 is 1.34. The molecular weight excluding hydrogens is 216 g/mol. The van der Waals surface area contributed by atoms with Gasteiger partial charge in [-0.05, 0) is 0 Å². The van der Waals surface area contributed by atoms with E-state index in [1.54, 1.807) is 6.20 Å². The Bertz CT molecular complexity index is 367. The van der Waals surface area contributed by atoms with Crippen molar-refractivity contribution < 1.29 is 9.53 Å². The van der Waals surface area contributed by atoms with Gasteiger partial charge in [-0.15, -0.1) is 0 Å². The van der Waals surface area contributed by atoms with Crippen LogP contribution in [-0.4, -0.2) is 36.7 Å². The first-order valence-electron chi connectivity index (χ1n) is 4.53. The van der Waals surface area contributed by atoms with Gasteiger partial charge >= 0.3 is 0 Å². The molecule has 15 heavy (non-hydrogen) atoms. The fraction of sp³-hybridized carbons (Fsp3) is 0.500. The summed E-state index contributed by atoms with van der Waals surface area (Å²) in [5, 5.41) is 1.35. The van der Waals surface area contributed by atoms with E-state index in [1.165, 1.54) is 11.3 Å². The summed E-state index contributed by atoms with van der Waals surface area (Å²) in [5.74, 6) is -0.400. The number of aromatic nitrogens is 1. The molecule has 1 aromatic heterocycles. The highest BCUT2D eigenvalue weighted by atomic mass is 32.1. The van der Waals surface area contributed by atoms with E-state index in [1.807, 2.05) is 4.90 Å². The lowest BCUT2D eigenvalue weighted by molar-refractivity contribution is -0.121. The number of hydrogen-bond acceptors (Lipinski definition) is 6. The van der Waals surface area contributed by atoms with Gasteiger partial charge < -0.3 is 21.1 Å². The van der Waals surface area contributed by atoms with Crippen LogP contribution in [0.3, 0.4) is 0 Å². The van der Waals surface area contributed by atoms with E-state index < -0.39 is 11.9 Å². The predicted molar refractivity (Wildman–Crippen MR) is 57.7 cm³/mol. The number of amides is 1. The third kappa shape index (κ3) is 2.02. The summed E-state index contributed by atoms with van der Waals surface area (Å²) in [6, 6.07) is -0.440. The maximum absolute atomic E-state index is 11.2. The van der Waals surface area contributed by atoms with Gasteiger partial charge in [-0.2, -0.15) is 0 Å². The summed E-state index contributed by atoms with van der Waals surface area (Å²) < 4.78 is 5.21. The average Bonchev–Trinajstić information content (AvgIpc) is 2.65. The normalized spacial score (nSPS) is 21.6. The lowest BCUT2D eigenvalue weighted by atomic mass is 10.2. The van der Waals surface area contributed by atoms with E-state index in [2.05, 4.69) is 4.98 Å². The minimum atomic E-state index is -0.440. The summed E-state index contributed by atoms with van der Waals surface area (Å²) in [5.41, 5.74) is 10.9. The number of primary amides is 1. The topological polar surface area (TPSA) is 94.5 Å². The van der Waals surface area contributed by atoms with E-state index in [0.29, 0.717) is 24.8 Å². The first-order valence-corrected chi connectivity index (χ1v) is 5.35. The second kappa shape index (κ2) is 4.03. The fourth-order valence-corrected chi connectivity index (χ4v) is 2.24. The molecule has 1 amide bonds. The van der Waals surface area contributed by atoms with Crippen LogP contribution in [0.4, 0.5) is 10.1 Å². The Morgan fingerprint density at radius 1 is 1.73 bits per heavy atom. The van der Waals surface area contributed by atoms with Crippen LogP contribution in [-0.2, 0) is 9.53 Å². The molecule has 1 aromatic rings. The summed E-state index contributed by atoms with van der Waals surface area (Å²) in [4.78, 5) is 17.2. The van der Waals surface area contributed by atoms with Crippen LogP contribution >= 0.6 is 11.3 Å². The lowest BCUT2D eigenvalue weighted by Crippen LogP contribution is -2.52. The Labute approximate surface area is 90.8 Å². The molecule has 0 aliphatic carbocycles. The quantitative estimate of drug-likeness (QED) is 0.706. The van der Waals surface area contributed by atoms with E-state index in [9.17, 15) is 4.79 Å². The van der Waals surface area contributed by atoms with Gasteiger partial charge in [0.2, 0.25) is 5.91 Å². The lowest BCUT2D eigenvalue weighted by Gasteiger charge is -2.33. The van der Waals surface area contributed by atoms with E-state index in [-0.39, 0.29) is 0 Å². The van der Waals surface area contributed by atoms with Crippen molar-refractivity contribution in [1.29, 1.82) is 0 Å². The largest absolute Gasteiger partial charge is 0.389 e. The van der Waals surface area contributed by atoms with Crippen LogP contribution in [0.2, 0.25) is 0 Å². The van der Waals surface area contributed by atoms with Crippen molar-refractivity contribution in [3.8, 4) is 0 Å². The Hall–Kier alpha value is -1.34. The van der Waals surface area contributed by atoms with Gasteiger partial charge in [-0.25, -0.2) is 4.98 Å². The highest BCUT2D eigenvalue weighted by Gasteiger charge is 2.29. The molecule has 82 valence electrons. The van der Waals surface area contributed by atoms with Crippen molar-refractivity contribution in [3.05, 3.63) is 6.20 Å². The predicted octanol–water partition coefficient (Wildman–Crippen LogP) is -0.584. The third-order valence-electron chi connectivity index (χ3n) is 2.21. The van der Waals surface area contributed by atoms with Crippen molar-refractivity contribution in [3.63, 3.8) is 0 Å². The molecule has 0 saturated carbocycles. The van der Waals surface area contributed by atoms with Crippen LogP contribution in [0, 0.1) is 0 Å². The molecular formula is C8H12N4O2S. The molecule has 1 fully saturated rings. The van der Waals surface area contributed by atoms with Crippen molar-refractivity contribution in [1.82, 2.24) is 4.98 Å². The minimum Gasteiger partial charge on any atom is -0.389 e. The summed E-state index contributed by atoms with van der Waals surface area (Å²) in [6.45, 7) is 1.50. The molecule has 1 aliphatic heterocycles. The van der Waals surface area contributed by atoms with Crippen LogP contribution in [0.25, 0.3) is 0 Å². The van der Waals surface area contributed by atoms with Crippen LogP contribution in [0.15, 0.2) is 6.20 Å². The van der Waals surface area contributed by atoms with Gasteiger partial charge in [0.25, 0.3) is 0 Å². The molecule has 6 nitrogen and oxygen atoms in total. The zero-order valence-electron chi connectivity index (χ0n) is 8.05. The number of thiazole rings is 1. The summed E-state index contributed by atoms with van der Waals surface area (Å²) in [7, 11) is 0. The van der Waals surface area contributed by atoms with Gasteiger partial charge in [0.05, 0.1) is 19.4 Å². The minimum absolute atomic E-state index is 0.314. The molecule has 1 atom stereocenters. The molecule has 1 aliphatic rings. The first kappa shape index (κ1) is 10.2. The van der Waals surface area contributed by atoms with Gasteiger partial charge in [0, 0.05) is 6.54 Å². The van der Waals surface area contributed by atoms with Gasteiger partial charge in [-0.1, -0.05) is 11.3 Å². The maximum Gasteiger partial charge on any atom is 0.242 e. The number of nitrogen functional groups attached to an aromatic ring is 1. The monoisotopic (exact) mass is 228 g/mol. The first-order chi connectivity index (χ1) is 7.18. The number of anilines is 2. The Balaban J connectivity index is 2.21. The number of carbonyl (C=O) groups excluding carboxylic acids is 1. The number of ether oxygens (including phenoxy) is 1. The second-order valence-corrected chi connectivity index (χ2v) is 4.27. The molecule has 2 rings (SSSR count). The van der Waals surface area contributed by atoms with Crippen molar-refractivity contribution >= 4 is 27.4 Å². The molecule has 1 saturated heterocycles. The highest BCUT2D eigenvalue weighted by molar-refractivity contribution is 7.19. The number of nitrogens with zero attached hydrogens (tertiary/aromatic N) is 2. The number of morpholine rings is 1. The Morgan fingerprint density at radius 3 is 3.13 bits per heavy atom. The molecule has 7 heteroatoms.